The lowest BCUT2D eigenvalue weighted by atomic mass is 10.3. The van der Waals surface area contributed by atoms with Crippen molar-refractivity contribution in [2.24, 2.45) is 0 Å². The lowest BCUT2D eigenvalue weighted by molar-refractivity contribution is 0.311. The minimum Gasteiger partial charge on any atom is -0.395 e. The zero-order valence-corrected chi connectivity index (χ0v) is 8.51. The molecule has 0 aliphatic rings. The lowest BCUT2D eigenvalue weighted by Gasteiger charge is -2.06. The highest BCUT2D eigenvalue weighted by atomic mass is 127. The van der Waals surface area contributed by atoms with Gasteiger partial charge in [0.1, 0.15) is 5.82 Å². The topological polar surface area (TPSA) is 32.3 Å². The molecule has 0 bridgehead atoms. The van der Waals surface area contributed by atoms with Crippen LogP contribution in [0.4, 0.5) is 10.1 Å². The summed E-state index contributed by atoms with van der Waals surface area (Å²) in [4.78, 5) is 0. The molecule has 0 radical (unpaired) electrons. The molecule has 66 valence electrons. The van der Waals surface area contributed by atoms with E-state index in [-0.39, 0.29) is 12.4 Å². The molecule has 4 heteroatoms. The molecule has 1 aromatic carbocycles. The number of hydrogen-bond acceptors (Lipinski definition) is 2. The van der Waals surface area contributed by atoms with Gasteiger partial charge in [0.25, 0.3) is 0 Å². The number of hydrogen-bond donors (Lipinski definition) is 2. The lowest BCUT2D eigenvalue weighted by Crippen LogP contribution is -2.07. The molecule has 0 saturated carbocycles. The Balaban J connectivity index is 2.78. The fourth-order valence-corrected chi connectivity index (χ4v) is 1.38. The van der Waals surface area contributed by atoms with E-state index in [0.717, 1.165) is 5.69 Å². The van der Waals surface area contributed by atoms with Crippen molar-refractivity contribution in [1.82, 2.24) is 0 Å². The second-order valence-electron chi connectivity index (χ2n) is 2.25. The monoisotopic (exact) mass is 281 g/mol. The zero-order valence-electron chi connectivity index (χ0n) is 6.35. The molecule has 1 aromatic rings. The quantitative estimate of drug-likeness (QED) is 0.828. The third-order valence-corrected chi connectivity index (χ3v) is 2.48. The van der Waals surface area contributed by atoms with Gasteiger partial charge in [0, 0.05) is 6.54 Å². The highest BCUT2D eigenvalue weighted by Gasteiger charge is 2.02. The summed E-state index contributed by atoms with van der Waals surface area (Å²) in [5.41, 5.74) is 0.727. The Hall–Kier alpha value is -0.360. The van der Waals surface area contributed by atoms with E-state index < -0.39 is 0 Å². The standard InChI is InChI=1S/C8H9FINO/c9-6-2-1-3-7(8(6)10)11-4-5-12/h1-3,11-12H,4-5H2. The Morgan fingerprint density at radius 2 is 2.25 bits per heavy atom. The second-order valence-corrected chi connectivity index (χ2v) is 3.33. The predicted octanol–water partition coefficient (Wildman–Crippen LogP) is 1.83. The summed E-state index contributed by atoms with van der Waals surface area (Å²) in [5.74, 6) is -0.237. The molecule has 2 N–H and O–H groups in total. The normalized spacial score (nSPS) is 9.92. The van der Waals surface area contributed by atoms with Crippen molar-refractivity contribution >= 4 is 28.3 Å². The summed E-state index contributed by atoms with van der Waals surface area (Å²) >= 11 is 1.93. The van der Waals surface area contributed by atoms with Gasteiger partial charge in [-0.25, -0.2) is 4.39 Å². The van der Waals surface area contributed by atoms with Gasteiger partial charge in [-0.1, -0.05) is 6.07 Å². The van der Waals surface area contributed by atoms with Crippen LogP contribution in [-0.4, -0.2) is 18.3 Å². The van der Waals surface area contributed by atoms with Crippen LogP contribution in [0.25, 0.3) is 0 Å². The molecule has 0 aliphatic heterocycles. The number of halogens is 2. The van der Waals surface area contributed by atoms with E-state index in [1.807, 2.05) is 22.6 Å². The van der Waals surface area contributed by atoms with Crippen LogP contribution < -0.4 is 5.32 Å². The van der Waals surface area contributed by atoms with E-state index in [0.29, 0.717) is 10.1 Å². The van der Waals surface area contributed by atoms with Gasteiger partial charge in [-0.15, -0.1) is 0 Å². The number of anilines is 1. The van der Waals surface area contributed by atoms with Crippen LogP contribution in [-0.2, 0) is 0 Å². The Morgan fingerprint density at radius 1 is 1.50 bits per heavy atom. The fraction of sp³-hybridized carbons (Fsp3) is 0.250. The van der Waals surface area contributed by atoms with Gasteiger partial charge in [0.15, 0.2) is 0 Å². The van der Waals surface area contributed by atoms with Crippen LogP contribution in [0.1, 0.15) is 0 Å². The van der Waals surface area contributed by atoms with Crippen molar-refractivity contribution in [3.8, 4) is 0 Å². The summed E-state index contributed by atoms with van der Waals surface area (Å²) in [6, 6.07) is 4.82. The van der Waals surface area contributed by atoms with Gasteiger partial charge in [-0.2, -0.15) is 0 Å². The van der Waals surface area contributed by atoms with Gasteiger partial charge in [-0.3, -0.25) is 0 Å². The minimum absolute atomic E-state index is 0.0482. The van der Waals surface area contributed by atoms with Crippen molar-refractivity contribution in [1.29, 1.82) is 0 Å². The second kappa shape index (κ2) is 4.61. The van der Waals surface area contributed by atoms with Gasteiger partial charge in [0.2, 0.25) is 0 Å². The average molecular weight is 281 g/mol. The van der Waals surface area contributed by atoms with E-state index in [2.05, 4.69) is 5.32 Å². The molecule has 0 atom stereocenters. The number of nitrogens with one attached hydrogen (secondary N) is 1. The number of benzene rings is 1. The van der Waals surface area contributed by atoms with Crippen LogP contribution >= 0.6 is 22.6 Å². The molecule has 2 nitrogen and oxygen atoms in total. The first-order valence-electron chi connectivity index (χ1n) is 3.54. The first kappa shape index (κ1) is 9.73. The van der Waals surface area contributed by atoms with Gasteiger partial charge >= 0.3 is 0 Å². The molecule has 0 unspecified atom stereocenters. The molecular formula is C8H9FINO. The molecular weight excluding hydrogens is 272 g/mol. The third kappa shape index (κ3) is 2.31. The first-order valence-corrected chi connectivity index (χ1v) is 4.62. The van der Waals surface area contributed by atoms with E-state index in [1.165, 1.54) is 6.07 Å². The van der Waals surface area contributed by atoms with Gasteiger partial charge < -0.3 is 10.4 Å². The summed E-state index contributed by atoms with van der Waals surface area (Å²) in [7, 11) is 0. The van der Waals surface area contributed by atoms with Crippen molar-refractivity contribution in [2.45, 2.75) is 0 Å². The maximum absolute atomic E-state index is 12.9. The smallest absolute Gasteiger partial charge is 0.138 e. The van der Waals surface area contributed by atoms with E-state index in [1.54, 1.807) is 12.1 Å². The summed E-state index contributed by atoms with van der Waals surface area (Å²) in [6.07, 6.45) is 0. The van der Waals surface area contributed by atoms with Crippen LogP contribution in [0.3, 0.4) is 0 Å². The Labute approximate surface area is 83.9 Å². The molecule has 0 heterocycles. The van der Waals surface area contributed by atoms with Crippen molar-refractivity contribution in [3.63, 3.8) is 0 Å². The number of aliphatic hydroxyl groups excluding tert-OH is 1. The third-order valence-electron chi connectivity index (χ3n) is 1.38. The fourth-order valence-electron chi connectivity index (χ4n) is 0.831. The van der Waals surface area contributed by atoms with Gasteiger partial charge in [-0.05, 0) is 34.7 Å². The molecule has 0 aromatic heterocycles. The highest BCUT2D eigenvalue weighted by molar-refractivity contribution is 14.1. The van der Waals surface area contributed by atoms with Crippen molar-refractivity contribution < 1.29 is 9.50 Å². The number of rotatable bonds is 3. The summed E-state index contributed by atoms with van der Waals surface area (Å²) in [6.45, 7) is 0.492. The zero-order chi connectivity index (χ0) is 8.97. The number of aliphatic hydroxyl groups is 1. The Kier molecular flexibility index (Phi) is 3.74. The van der Waals surface area contributed by atoms with Crippen molar-refractivity contribution in [2.75, 3.05) is 18.5 Å². The predicted molar refractivity (Wildman–Crippen MR) is 54.7 cm³/mol. The first-order chi connectivity index (χ1) is 5.75. The van der Waals surface area contributed by atoms with E-state index in [4.69, 9.17) is 5.11 Å². The van der Waals surface area contributed by atoms with Crippen molar-refractivity contribution in [3.05, 3.63) is 27.6 Å². The maximum atomic E-state index is 12.9. The molecule has 0 aliphatic carbocycles. The van der Waals surface area contributed by atoms with Crippen LogP contribution in [0.5, 0.6) is 0 Å². The molecule has 0 amide bonds. The molecule has 0 fully saturated rings. The Bertz CT molecular complexity index is 267. The molecule has 0 spiro atoms. The maximum Gasteiger partial charge on any atom is 0.138 e. The average Bonchev–Trinajstić information content (AvgIpc) is 2.08. The van der Waals surface area contributed by atoms with E-state index >= 15 is 0 Å². The van der Waals surface area contributed by atoms with Gasteiger partial charge in [0.05, 0.1) is 15.9 Å². The summed E-state index contributed by atoms with van der Waals surface area (Å²) < 4.78 is 13.5. The Morgan fingerprint density at radius 3 is 2.92 bits per heavy atom. The molecule has 1 rings (SSSR count). The van der Waals surface area contributed by atoms with Crippen LogP contribution in [0.2, 0.25) is 0 Å². The minimum atomic E-state index is -0.237. The largest absolute Gasteiger partial charge is 0.395 e. The molecule has 12 heavy (non-hydrogen) atoms. The highest BCUT2D eigenvalue weighted by Crippen LogP contribution is 2.20. The molecule has 0 saturated heterocycles. The van der Waals surface area contributed by atoms with Crippen LogP contribution in [0.15, 0.2) is 18.2 Å². The SMILES string of the molecule is OCCNc1cccc(F)c1I. The van der Waals surface area contributed by atoms with E-state index in [9.17, 15) is 4.39 Å². The van der Waals surface area contributed by atoms with Crippen LogP contribution in [0, 0.1) is 9.39 Å². The summed E-state index contributed by atoms with van der Waals surface area (Å²) in [5, 5.41) is 11.4.